The SMILES string of the molecule is COCCOCCNc1cc(Br)nc(C(C)C)n1. The molecule has 0 aliphatic rings. The van der Waals surface area contributed by atoms with Crippen LogP contribution in [0.3, 0.4) is 0 Å². The lowest BCUT2D eigenvalue weighted by atomic mass is 10.2. The Morgan fingerprint density at radius 1 is 1.28 bits per heavy atom. The Bertz CT molecular complexity index is 361. The van der Waals surface area contributed by atoms with Gasteiger partial charge in [-0.25, -0.2) is 9.97 Å². The number of nitrogens with zero attached hydrogens (tertiary/aromatic N) is 2. The fourth-order valence-corrected chi connectivity index (χ4v) is 1.68. The molecule has 0 fully saturated rings. The zero-order chi connectivity index (χ0) is 13.4. The first kappa shape index (κ1) is 15.3. The molecule has 6 heteroatoms. The summed E-state index contributed by atoms with van der Waals surface area (Å²) in [6, 6.07) is 1.86. The number of rotatable bonds is 8. The molecule has 0 saturated carbocycles. The molecule has 0 unspecified atom stereocenters. The van der Waals surface area contributed by atoms with E-state index in [2.05, 4.69) is 45.1 Å². The van der Waals surface area contributed by atoms with Crippen LogP contribution in [-0.4, -0.2) is 43.4 Å². The zero-order valence-electron chi connectivity index (χ0n) is 11.1. The standard InChI is InChI=1S/C12H20BrN3O2/c1-9(2)12-15-10(13)8-11(16-12)14-4-5-18-7-6-17-3/h8-9H,4-7H2,1-3H3,(H,14,15,16). The third kappa shape index (κ3) is 5.75. The molecule has 0 aromatic carbocycles. The van der Waals surface area contributed by atoms with Crippen molar-refractivity contribution in [2.75, 3.05) is 38.8 Å². The lowest BCUT2D eigenvalue weighted by Crippen LogP contribution is -2.13. The molecule has 1 aromatic rings. The molecule has 0 bridgehead atoms. The molecule has 1 heterocycles. The van der Waals surface area contributed by atoms with Crippen molar-refractivity contribution in [1.29, 1.82) is 0 Å². The van der Waals surface area contributed by atoms with Gasteiger partial charge in [-0.3, -0.25) is 0 Å². The minimum Gasteiger partial charge on any atom is -0.382 e. The average Bonchev–Trinajstić information content (AvgIpc) is 2.33. The van der Waals surface area contributed by atoms with Crippen LogP contribution in [0.2, 0.25) is 0 Å². The highest BCUT2D eigenvalue weighted by atomic mass is 79.9. The van der Waals surface area contributed by atoms with Crippen LogP contribution in [0.25, 0.3) is 0 Å². The van der Waals surface area contributed by atoms with Gasteiger partial charge < -0.3 is 14.8 Å². The number of hydrogen-bond donors (Lipinski definition) is 1. The first-order chi connectivity index (χ1) is 8.63. The van der Waals surface area contributed by atoms with E-state index in [1.807, 2.05) is 6.07 Å². The van der Waals surface area contributed by atoms with E-state index in [1.165, 1.54) is 0 Å². The highest BCUT2D eigenvalue weighted by Gasteiger charge is 2.06. The second-order valence-corrected chi connectivity index (χ2v) is 4.93. The molecule has 0 atom stereocenters. The normalized spacial score (nSPS) is 10.9. The summed E-state index contributed by atoms with van der Waals surface area (Å²) in [5.74, 6) is 1.95. The quantitative estimate of drug-likeness (QED) is 0.589. The van der Waals surface area contributed by atoms with Crippen molar-refractivity contribution < 1.29 is 9.47 Å². The minimum atomic E-state index is 0.306. The van der Waals surface area contributed by atoms with Crippen molar-refractivity contribution >= 4 is 21.7 Å². The van der Waals surface area contributed by atoms with E-state index in [0.29, 0.717) is 32.3 Å². The number of anilines is 1. The Morgan fingerprint density at radius 2 is 2.06 bits per heavy atom. The van der Waals surface area contributed by atoms with E-state index in [1.54, 1.807) is 7.11 Å². The summed E-state index contributed by atoms with van der Waals surface area (Å²) in [5, 5.41) is 3.21. The van der Waals surface area contributed by atoms with Gasteiger partial charge in [-0.1, -0.05) is 13.8 Å². The van der Waals surface area contributed by atoms with Crippen LogP contribution in [-0.2, 0) is 9.47 Å². The van der Waals surface area contributed by atoms with Crippen molar-refractivity contribution in [1.82, 2.24) is 9.97 Å². The summed E-state index contributed by atoms with van der Waals surface area (Å²) < 4.78 is 11.0. The molecule has 0 spiro atoms. The molecule has 102 valence electrons. The van der Waals surface area contributed by atoms with Gasteiger partial charge in [0.1, 0.15) is 16.2 Å². The fraction of sp³-hybridized carbons (Fsp3) is 0.667. The Hall–Kier alpha value is -0.720. The Labute approximate surface area is 116 Å². The van der Waals surface area contributed by atoms with Crippen LogP contribution in [0.15, 0.2) is 10.7 Å². The van der Waals surface area contributed by atoms with E-state index >= 15 is 0 Å². The third-order valence-electron chi connectivity index (χ3n) is 2.21. The van der Waals surface area contributed by atoms with Gasteiger partial charge in [-0.05, 0) is 15.9 Å². The molecule has 5 nitrogen and oxygen atoms in total. The van der Waals surface area contributed by atoms with Gasteiger partial charge in [0.05, 0.1) is 19.8 Å². The molecule has 0 radical (unpaired) electrons. The molecule has 0 amide bonds. The van der Waals surface area contributed by atoms with Gasteiger partial charge in [0.2, 0.25) is 0 Å². The number of ether oxygens (including phenoxy) is 2. The van der Waals surface area contributed by atoms with Gasteiger partial charge in [0, 0.05) is 25.6 Å². The summed E-state index contributed by atoms with van der Waals surface area (Å²) in [4.78, 5) is 8.75. The summed E-state index contributed by atoms with van der Waals surface area (Å²) in [6.45, 7) is 6.71. The predicted octanol–water partition coefficient (Wildman–Crippen LogP) is 2.44. The number of methoxy groups -OCH3 is 1. The second-order valence-electron chi connectivity index (χ2n) is 4.12. The van der Waals surface area contributed by atoms with Gasteiger partial charge in [-0.15, -0.1) is 0 Å². The van der Waals surface area contributed by atoms with Crippen LogP contribution < -0.4 is 5.32 Å². The van der Waals surface area contributed by atoms with Crippen molar-refractivity contribution in [3.63, 3.8) is 0 Å². The topological polar surface area (TPSA) is 56.3 Å². The molecule has 1 aromatic heterocycles. The van der Waals surface area contributed by atoms with E-state index in [-0.39, 0.29) is 0 Å². The first-order valence-electron chi connectivity index (χ1n) is 5.98. The molecular weight excluding hydrogens is 298 g/mol. The predicted molar refractivity (Wildman–Crippen MR) is 75.0 cm³/mol. The zero-order valence-corrected chi connectivity index (χ0v) is 12.7. The molecule has 1 rings (SSSR count). The van der Waals surface area contributed by atoms with Crippen LogP contribution in [0.1, 0.15) is 25.6 Å². The fourth-order valence-electron chi connectivity index (χ4n) is 1.28. The van der Waals surface area contributed by atoms with E-state index in [0.717, 1.165) is 16.2 Å². The Balaban J connectivity index is 2.37. The largest absolute Gasteiger partial charge is 0.382 e. The Morgan fingerprint density at radius 3 is 2.72 bits per heavy atom. The highest BCUT2D eigenvalue weighted by molar-refractivity contribution is 9.10. The smallest absolute Gasteiger partial charge is 0.134 e. The summed E-state index contributed by atoms with van der Waals surface area (Å²) in [7, 11) is 1.66. The van der Waals surface area contributed by atoms with Gasteiger partial charge in [-0.2, -0.15) is 0 Å². The van der Waals surface area contributed by atoms with E-state index < -0.39 is 0 Å². The average molecular weight is 318 g/mol. The molecule has 0 aliphatic carbocycles. The van der Waals surface area contributed by atoms with Crippen molar-refractivity contribution in [2.24, 2.45) is 0 Å². The maximum Gasteiger partial charge on any atom is 0.134 e. The molecule has 18 heavy (non-hydrogen) atoms. The van der Waals surface area contributed by atoms with E-state index in [4.69, 9.17) is 9.47 Å². The molecule has 0 saturated heterocycles. The van der Waals surface area contributed by atoms with Gasteiger partial charge >= 0.3 is 0 Å². The first-order valence-corrected chi connectivity index (χ1v) is 6.77. The lowest BCUT2D eigenvalue weighted by Gasteiger charge is -2.10. The number of hydrogen-bond acceptors (Lipinski definition) is 5. The minimum absolute atomic E-state index is 0.306. The summed E-state index contributed by atoms with van der Waals surface area (Å²) in [6.07, 6.45) is 0. The molecule has 1 N–H and O–H groups in total. The van der Waals surface area contributed by atoms with Crippen LogP contribution >= 0.6 is 15.9 Å². The van der Waals surface area contributed by atoms with Crippen molar-refractivity contribution in [2.45, 2.75) is 19.8 Å². The van der Waals surface area contributed by atoms with Crippen LogP contribution in [0.5, 0.6) is 0 Å². The summed E-state index contributed by atoms with van der Waals surface area (Å²) in [5.41, 5.74) is 0. The van der Waals surface area contributed by atoms with Gasteiger partial charge in [0.25, 0.3) is 0 Å². The number of nitrogens with one attached hydrogen (secondary N) is 1. The maximum atomic E-state index is 5.36. The van der Waals surface area contributed by atoms with Gasteiger partial charge in [0.15, 0.2) is 0 Å². The lowest BCUT2D eigenvalue weighted by molar-refractivity contribution is 0.0759. The van der Waals surface area contributed by atoms with Crippen LogP contribution in [0, 0.1) is 0 Å². The monoisotopic (exact) mass is 317 g/mol. The van der Waals surface area contributed by atoms with E-state index in [9.17, 15) is 0 Å². The van der Waals surface area contributed by atoms with Crippen molar-refractivity contribution in [3.8, 4) is 0 Å². The third-order valence-corrected chi connectivity index (χ3v) is 2.62. The molecule has 0 aliphatic heterocycles. The summed E-state index contributed by atoms with van der Waals surface area (Å²) >= 11 is 3.39. The number of aromatic nitrogens is 2. The van der Waals surface area contributed by atoms with Crippen LogP contribution in [0.4, 0.5) is 5.82 Å². The van der Waals surface area contributed by atoms with Crippen molar-refractivity contribution in [3.05, 3.63) is 16.5 Å². The number of halogens is 1. The second kappa shape index (κ2) is 8.39. The maximum absolute atomic E-state index is 5.36. The molecular formula is C12H20BrN3O2. The highest BCUT2D eigenvalue weighted by Crippen LogP contribution is 2.17. The Kier molecular flexibility index (Phi) is 7.15.